The van der Waals surface area contributed by atoms with Gasteiger partial charge in [-0.3, -0.25) is 9.78 Å². The summed E-state index contributed by atoms with van der Waals surface area (Å²) in [4.78, 5) is 39.3. The maximum absolute atomic E-state index is 11.7. The van der Waals surface area contributed by atoms with Crippen LogP contribution in [-0.4, -0.2) is 39.4 Å². The lowest BCUT2D eigenvalue weighted by Crippen LogP contribution is -2.53. The lowest BCUT2D eigenvalue weighted by atomic mass is 9.91. The van der Waals surface area contributed by atoms with Crippen molar-refractivity contribution in [2.75, 3.05) is 6.54 Å². The first-order valence-electron chi connectivity index (χ1n) is 5.22. The Morgan fingerprint density at radius 1 is 1.44 bits per heavy atom. The molecular weight excluding hydrogens is 238 g/mol. The van der Waals surface area contributed by atoms with Crippen molar-refractivity contribution in [3.63, 3.8) is 0 Å². The minimum atomic E-state index is -1.74. The number of amides is 3. The largest absolute Gasteiger partial charge is 0.479 e. The number of hydrogen-bond donors (Lipinski definition) is 2. The third kappa shape index (κ3) is 1.60. The van der Waals surface area contributed by atoms with Gasteiger partial charge in [0.25, 0.3) is 5.91 Å². The normalized spacial score (nSPS) is 18.4. The molecule has 7 nitrogen and oxygen atoms in total. The number of aromatic nitrogens is 1. The van der Waals surface area contributed by atoms with Crippen molar-refractivity contribution in [2.45, 2.75) is 12.5 Å². The van der Waals surface area contributed by atoms with Crippen LogP contribution in [0, 0.1) is 0 Å². The summed E-state index contributed by atoms with van der Waals surface area (Å²) in [7, 11) is 0. The summed E-state index contributed by atoms with van der Waals surface area (Å²) >= 11 is 0. The number of carbonyl (C=O) groups is 3. The summed E-state index contributed by atoms with van der Waals surface area (Å²) in [6.45, 7) is 1.13. The molecule has 0 saturated carbocycles. The van der Waals surface area contributed by atoms with E-state index in [4.69, 9.17) is 0 Å². The Morgan fingerprint density at radius 3 is 2.50 bits per heavy atom. The van der Waals surface area contributed by atoms with E-state index in [-0.39, 0.29) is 6.54 Å². The Bertz CT molecular complexity index is 500. The van der Waals surface area contributed by atoms with Crippen molar-refractivity contribution >= 4 is 17.9 Å². The van der Waals surface area contributed by atoms with Crippen LogP contribution in [0.2, 0.25) is 0 Å². The molecular formula is C11H11N3O4. The van der Waals surface area contributed by atoms with E-state index in [9.17, 15) is 19.5 Å². The minimum Gasteiger partial charge on any atom is -0.479 e. The van der Waals surface area contributed by atoms with Gasteiger partial charge in [-0.25, -0.2) is 14.5 Å². The second-order valence-corrected chi connectivity index (χ2v) is 4.00. The molecule has 2 rings (SSSR count). The Morgan fingerprint density at radius 2 is 2.06 bits per heavy atom. The molecule has 0 aromatic carbocycles. The van der Waals surface area contributed by atoms with Gasteiger partial charge in [0.05, 0.1) is 6.54 Å². The third-order valence-corrected chi connectivity index (χ3v) is 2.95. The Balaban J connectivity index is 2.55. The van der Waals surface area contributed by atoms with Crippen LogP contribution in [0.5, 0.6) is 0 Å². The Hall–Kier alpha value is -2.44. The highest BCUT2D eigenvalue weighted by molar-refractivity contribution is 6.06. The van der Waals surface area contributed by atoms with Crippen molar-refractivity contribution in [1.29, 1.82) is 0 Å². The molecule has 0 bridgehead atoms. The number of rotatable bonds is 3. The molecule has 1 aromatic rings. The zero-order chi connectivity index (χ0) is 13.3. The summed E-state index contributed by atoms with van der Waals surface area (Å²) in [5, 5.41) is 11.7. The SMILES string of the molecule is CC(C(=O)O)(c1ccncc1)N1C(=O)CNC1=O. The number of urea groups is 1. The number of hydrogen-bond acceptors (Lipinski definition) is 4. The van der Waals surface area contributed by atoms with Crippen LogP contribution in [0.25, 0.3) is 0 Å². The van der Waals surface area contributed by atoms with Gasteiger partial charge in [-0.1, -0.05) is 0 Å². The molecule has 3 amide bonds. The zero-order valence-corrected chi connectivity index (χ0v) is 9.58. The number of nitrogens with zero attached hydrogens (tertiary/aromatic N) is 2. The smallest absolute Gasteiger partial charge is 0.334 e. The van der Waals surface area contributed by atoms with E-state index in [0.29, 0.717) is 5.56 Å². The fourth-order valence-corrected chi connectivity index (χ4v) is 1.90. The van der Waals surface area contributed by atoms with Crippen LogP contribution in [0.1, 0.15) is 12.5 Å². The average Bonchev–Trinajstić information content (AvgIpc) is 2.69. The topological polar surface area (TPSA) is 99.6 Å². The van der Waals surface area contributed by atoms with Gasteiger partial charge in [0.1, 0.15) is 0 Å². The summed E-state index contributed by atoms with van der Waals surface area (Å²) in [6.07, 6.45) is 2.82. The zero-order valence-electron chi connectivity index (χ0n) is 9.58. The lowest BCUT2D eigenvalue weighted by Gasteiger charge is -2.32. The number of carboxylic acid groups (broad SMARTS) is 1. The van der Waals surface area contributed by atoms with E-state index in [1.165, 1.54) is 31.5 Å². The summed E-state index contributed by atoms with van der Waals surface area (Å²) in [5.41, 5.74) is -1.42. The number of nitrogens with one attached hydrogen (secondary N) is 1. The van der Waals surface area contributed by atoms with Gasteiger partial charge < -0.3 is 10.4 Å². The van der Waals surface area contributed by atoms with Gasteiger partial charge in [0, 0.05) is 12.4 Å². The number of carbonyl (C=O) groups excluding carboxylic acids is 2. The Kier molecular flexibility index (Phi) is 2.74. The molecule has 0 spiro atoms. The van der Waals surface area contributed by atoms with Gasteiger partial charge in [0.15, 0.2) is 5.54 Å². The molecule has 2 N–H and O–H groups in total. The predicted molar refractivity (Wildman–Crippen MR) is 59.5 cm³/mol. The van der Waals surface area contributed by atoms with Gasteiger partial charge in [-0.15, -0.1) is 0 Å². The molecule has 0 aliphatic carbocycles. The van der Waals surface area contributed by atoms with E-state index in [1.54, 1.807) is 0 Å². The van der Waals surface area contributed by atoms with Gasteiger partial charge >= 0.3 is 12.0 Å². The van der Waals surface area contributed by atoms with Gasteiger partial charge in [-0.2, -0.15) is 0 Å². The van der Waals surface area contributed by atoms with Crippen molar-refractivity contribution < 1.29 is 19.5 Å². The first kappa shape index (κ1) is 12.0. The monoisotopic (exact) mass is 249 g/mol. The number of aliphatic carboxylic acids is 1. The third-order valence-electron chi connectivity index (χ3n) is 2.95. The number of carboxylic acids is 1. The van der Waals surface area contributed by atoms with Crippen molar-refractivity contribution in [3.8, 4) is 0 Å². The highest BCUT2D eigenvalue weighted by Gasteiger charge is 2.50. The van der Waals surface area contributed by atoms with E-state index < -0.39 is 23.4 Å². The first-order valence-corrected chi connectivity index (χ1v) is 5.22. The maximum atomic E-state index is 11.7. The summed E-state index contributed by atoms with van der Waals surface area (Å²) < 4.78 is 0. The van der Waals surface area contributed by atoms with E-state index in [1.807, 2.05) is 0 Å². The highest BCUT2D eigenvalue weighted by Crippen LogP contribution is 2.30. The molecule has 2 heterocycles. The van der Waals surface area contributed by atoms with Crippen LogP contribution in [-0.2, 0) is 15.1 Å². The summed E-state index contributed by atoms with van der Waals surface area (Å²) in [5.74, 6) is -1.85. The molecule has 18 heavy (non-hydrogen) atoms. The van der Waals surface area contributed by atoms with Gasteiger partial charge in [0.2, 0.25) is 0 Å². The molecule has 1 aliphatic rings. The van der Waals surface area contributed by atoms with Crippen molar-refractivity contribution in [1.82, 2.24) is 15.2 Å². The quantitative estimate of drug-likeness (QED) is 0.730. The van der Waals surface area contributed by atoms with Crippen molar-refractivity contribution in [2.24, 2.45) is 0 Å². The maximum Gasteiger partial charge on any atom is 0.334 e. The molecule has 1 saturated heterocycles. The second kappa shape index (κ2) is 4.10. The summed E-state index contributed by atoms with van der Waals surface area (Å²) in [6, 6.07) is 2.22. The van der Waals surface area contributed by atoms with E-state index >= 15 is 0 Å². The number of imide groups is 1. The molecule has 1 aliphatic heterocycles. The predicted octanol–water partition coefficient (Wildman–Crippen LogP) is -0.0668. The lowest BCUT2D eigenvalue weighted by molar-refractivity contribution is -0.153. The molecule has 7 heteroatoms. The van der Waals surface area contributed by atoms with Crippen LogP contribution in [0.15, 0.2) is 24.5 Å². The molecule has 94 valence electrons. The van der Waals surface area contributed by atoms with Crippen LogP contribution >= 0.6 is 0 Å². The van der Waals surface area contributed by atoms with E-state index in [0.717, 1.165) is 4.90 Å². The molecule has 1 fully saturated rings. The Labute approximate surface area is 102 Å². The fraction of sp³-hybridized carbons (Fsp3) is 0.273. The molecule has 1 aromatic heterocycles. The van der Waals surface area contributed by atoms with Crippen molar-refractivity contribution in [3.05, 3.63) is 30.1 Å². The molecule has 0 radical (unpaired) electrons. The minimum absolute atomic E-state index is 0.188. The highest BCUT2D eigenvalue weighted by atomic mass is 16.4. The van der Waals surface area contributed by atoms with Crippen LogP contribution < -0.4 is 5.32 Å². The molecule has 1 atom stereocenters. The van der Waals surface area contributed by atoms with E-state index in [2.05, 4.69) is 10.3 Å². The van der Waals surface area contributed by atoms with Gasteiger partial charge in [-0.05, 0) is 24.6 Å². The number of pyridine rings is 1. The standard InChI is InChI=1S/C11H11N3O4/c1-11(9(16)17,7-2-4-12-5-3-7)14-8(15)6-13-10(14)18/h2-5H,6H2,1H3,(H,13,18)(H,16,17). The first-order chi connectivity index (χ1) is 8.48. The second-order valence-electron chi connectivity index (χ2n) is 4.00. The average molecular weight is 249 g/mol. The van der Waals surface area contributed by atoms with Crippen LogP contribution in [0.3, 0.4) is 0 Å². The fourth-order valence-electron chi connectivity index (χ4n) is 1.90. The van der Waals surface area contributed by atoms with Crippen LogP contribution in [0.4, 0.5) is 4.79 Å². The molecule has 1 unspecified atom stereocenters.